The lowest BCUT2D eigenvalue weighted by molar-refractivity contribution is 0.206. The zero-order chi connectivity index (χ0) is 14.7. The summed E-state index contributed by atoms with van der Waals surface area (Å²) in [5.74, 6) is 0. The van der Waals surface area contributed by atoms with E-state index in [1.807, 2.05) is 11.9 Å². The molecule has 6 heteroatoms. The smallest absolute Gasteiger partial charge is 0.200 e. The molecule has 108 valence electrons. The number of aromatic nitrogens is 1. The van der Waals surface area contributed by atoms with E-state index < -0.39 is 14.6 Å². The highest BCUT2D eigenvalue weighted by molar-refractivity contribution is 7.92. The average molecular weight is 286 g/mol. The van der Waals surface area contributed by atoms with Gasteiger partial charge in [-0.15, -0.1) is 0 Å². The number of methoxy groups -OCH3 is 1. The summed E-state index contributed by atoms with van der Waals surface area (Å²) in [6, 6.07) is 3.32. The molecule has 0 aliphatic heterocycles. The fourth-order valence-electron chi connectivity index (χ4n) is 1.43. The fourth-order valence-corrected chi connectivity index (χ4v) is 2.49. The van der Waals surface area contributed by atoms with Gasteiger partial charge >= 0.3 is 0 Å². The maximum absolute atomic E-state index is 12.2. The molecule has 0 amide bonds. The van der Waals surface area contributed by atoms with Gasteiger partial charge < -0.3 is 9.64 Å². The van der Waals surface area contributed by atoms with Crippen molar-refractivity contribution in [1.29, 1.82) is 0 Å². The lowest BCUT2D eigenvalue weighted by Crippen LogP contribution is -2.29. The lowest BCUT2D eigenvalue weighted by Gasteiger charge is -2.21. The summed E-state index contributed by atoms with van der Waals surface area (Å²) in [6.45, 7) is 6.34. The van der Waals surface area contributed by atoms with Crippen LogP contribution >= 0.6 is 0 Å². The summed E-state index contributed by atoms with van der Waals surface area (Å²) in [7, 11) is 0.164. The second-order valence-corrected chi connectivity index (χ2v) is 8.03. The molecule has 0 N–H and O–H groups in total. The average Bonchev–Trinajstić information content (AvgIpc) is 2.34. The van der Waals surface area contributed by atoms with Gasteiger partial charge in [-0.2, -0.15) is 0 Å². The number of anilines is 1. The number of rotatable bonds is 5. The predicted octanol–water partition coefficient (Wildman–Crippen LogP) is 1.74. The molecule has 1 rings (SSSR count). The van der Waals surface area contributed by atoms with Crippen LogP contribution in [0.2, 0.25) is 0 Å². The Morgan fingerprint density at radius 2 is 1.95 bits per heavy atom. The van der Waals surface area contributed by atoms with Crippen LogP contribution in [-0.2, 0) is 14.6 Å². The summed E-state index contributed by atoms with van der Waals surface area (Å²) >= 11 is 0. The Labute approximate surface area is 115 Å². The Hall–Kier alpha value is -1.14. The fraction of sp³-hybridized carbons (Fsp3) is 0.615. The maximum atomic E-state index is 12.2. The van der Waals surface area contributed by atoms with Crippen LogP contribution in [0.15, 0.2) is 23.4 Å². The van der Waals surface area contributed by atoms with Crippen LogP contribution in [0.5, 0.6) is 0 Å². The number of ether oxygens (including phenoxy) is 1. The van der Waals surface area contributed by atoms with Gasteiger partial charge in [-0.3, -0.25) is 0 Å². The first-order valence-electron chi connectivity index (χ1n) is 6.11. The second-order valence-electron chi connectivity index (χ2n) is 5.38. The first kappa shape index (κ1) is 15.9. The van der Waals surface area contributed by atoms with E-state index in [1.165, 1.54) is 0 Å². The minimum absolute atomic E-state index is 0.115. The summed E-state index contributed by atoms with van der Waals surface area (Å²) < 4.78 is 28.6. The first-order valence-corrected chi connectivity index (χ1v) is 7.59. The molecule has 0 spiro atoms. The van der Waals surface area contributed by atoms with Crippen molar-refractivity contribution in [2.75, 3.05) is 32.2 Å². The number of sulfone groups is 1. The molecule has 0 aliphatic carbocycles. The second kappa shape index (κ2) is 5.88. The molecular weight excluding hydrogens is 264 g/mol. The molecule has 19 heavy (non-hydrogen) atoms. The summed E-state index contributed by atoms with van der Waals surface area (Å²) in [6.07, 6.45) is 1.58. The van der Waals surface area contributed by atoms with E-state index in [4.69, 9.17) is 4.74 Å². The molecule has 1 heterocycles. The number of hydrogen-bond donors (Lipinski definition) is 0. The van der Waals surface area contributed by atoms with Gasteiger partial charge in [0.25, 0.3) is 0 Å². The van der Waals surface area contributed by atoms with Gasteiger partial charge in [-0.25, -0.2) is 13.4 Å². The highest BCUT2D eigenvalue weighted by atomic mass is 32.2. The number of pyridine rings is 1. The maximum Gasteiger partial charge on any atom is 0.200 e. The largest absolute Gasteiger partial charge is 0.383 e. The normalized spacial score (nSPS) is 12.5. The SMILES string of the molecule is COCCN(C)c1ccc(S(=O)(=O)C(C)(C)C)nc1. The summed E-state index contributed by atoms with van der Waals surface area (Å²) in [5.41, 5.74) is 0.866. The van der Waals surface area contributed by atoms with Crippen LogP contribution in [0, 0.1) is 0 Å². The van der Waals surface area contributed by atoms with Crippen LogP contribution in [-0.4, -0.2) is 45.5 Å². The van der Waals surface area contributed by atoms with E-state index >= 15 is 0 Å². The van der Waals surface area contributed by atoms with E-state index in [-0.39, 0.29) is 5.03 Å². The molecule has 0 unspecified atom stereocenters. The van der Waals surface area contributed by atoms with Crippen LogP contribution < -0.4 is 4.90 Å². The van der Waals surface area contributed by atoms with Gasteiger partial charge in [0.15, 0.2) is 14.9 Å². The molecule has 0 fully saturated rings. The van der Waals surface area contributed by atoms with Crippen molar-refractivity contribution in [3.8, 4) is 0 Å². The van der Waals surface area contributed by atoms with Gasteiger partial charge in [-0.1, -0.05) is 0 Å². The van der Waals surface area contributed by atoms with Gasteiger partial charge in [0.2, 0.25) is 0 Å². The van der Waals surface area contributed by atoms with Crippen LogP contribution in [0.1, 0.15) is 20.8 Å². The summed E-state index contributed by atoms with van der Waals surface area (Å²) in [5, 5.41) is 0.115. The quantitative estimate of drug-likeness (QED) is 0.825. The van der Waals surface area contributed by atoms with Crippen molar-refractivity contribution in [3.05, 3.63) is 18.3 Å². The molecule has 0 aliphatic rings. The van der Waals surface area contributed by atoms with Gasteiger partial charge in [0.05, 0.1) is 23.2 Å². The van der Waals surface area contributed by atoms with Crippen molar-refractivity contribution in [3.63, 3.8) is 0 Å². The van der Waals surface area contributed by atoms with Crippen molar-refractivity contribution >= 4 is 15.5 Å². The van der Waals surface area contributed by atoms with E-state index in [2.05, 4.69) is 4.98 Å². The van der Waals surface area contributed by atoms with Gasteiger partial charge in [0.1, 0.15) is 0 Å². The Balaban J connectivity index is 2.94. The van der Waals surface area contributed by atoms with Crippen molar-refractivity contribution in [2.24, 2.45) is 0 Å². The van der Waals surface area contributed by atoms with Crippen LogP contribution in [0.25, 0.3) is 0 Å². The van der Waals surface area contributed by atoms with E-state index in [0.717, 1.165) is 12.2 Å². The Bertz CT molecular complexity index is 504. The topological polar surface area (TPSA) is 59.5 Å². The van der Waals surface area contributed by atoms with E-state index in [9.17, 15) is 8.42 Å². The monoisotopic (exact) mass is 286 g/mol. The van der Waals surface area contributed by atoms with Crippen molar-refractivity contribution in [1.82, 2.24) is 4.98 Å². The molecule has 0 saturated heterocycles. The van der Waals surface area contributed by atoms with Crippen LogP contribution in [0.3, 0.4) is 0 Å². The van der Waals surface area contributed by atoms with Gasteiger partial charge in [-0.05, 0) is 32.9 Å². The molecule has 5 nitrogen and oxygen atoms in total. The third-order valence-electron chi connectivity index (χ3n) is 2.87. The van der Waals surface area contributed by atoms with E-state index in [1.54, 1.807) is 46.2 Å². The highest BCUT2D eigenvalue weighted by Crippen LogP contribution is 2.24. The molecule has 0 saturated carbocycles. The highest BCUT2D eigenvalue weighted by Gasteiger charge is 2.31. The van der Waals surface area contributed by atoms with E-state index in [0.29, 0.717) is 6.61 Å². The lowest BCUT2D eigenvalue weighted by atomic mass is 10.3. The molecule has 0 aromatic carbocycles. The predicted molar refractivity (Wildman–Crippen MR) is 76.3 cm³/mol. The number of nitrogens with zero attached hydrogens (tertiary/aromatic N) is 2. The Kier molecular flexibility index (Phi) is 4.92. The Morgan fingerprint density at radius 3 is 2.37 bits per heavy atom. The van der Waals surface area contributed by atoms with Gasteiger partial charge in [0, 0.05) is 20.7 Å². The summed E-state index contributed by atoms with van der Waals surface area (Å²) in [4.78, 5) is 6.04. The molecule has 1 aromatic heterocycles. The molecule has 0 bridgehead atoms. The third-order valence-corrected chi connectivity index (χ3v) is 5.28. The Morgan fingerprint density at radius 1 is 1.32 bits per heavy atom. The molecular formula is C13H22N2O3S. The molecule has 1 aromatic rings. The minimum atomic E-state index is -3.39. The zero-order valence-electron chi connectivity index (χ0n) is 12.2. The number of hydrogen-bond acceptors (Lipinski definition) is 5. The van der Waals surface area contributed by atoms with Crippen LogP contribution in [0.4, 0.5) is 5.69 Å². The zero-order valence-corrected chi connectivity index (χ0v) is 13.0. The molecule has 0 atom stereocenters. The van der Waals surface area contributed by atoms with Crippen molar-refractivity contribution in [2.45, 2.75) is 30.5 Å². The minimum Gasteiger partial charge on any atom is -0.383 e. The standard InChI is InChI=1S/C13H22N2O3S/c1-13(2,3)19(16,17)12-7-6-11(10-14-12)15(4)8-9-18-5/h6-7,10H,8-9H2,1-5H3. The molecule has 0 radical (unpaired) electrons. The third kappa shape index (κ3) is 3.67. The number of likely N-dealkylation sites (N-methyl/N-ethyl adjacent to an activating group) is 1. The first-order chi connectivity index (χ1) is 8.70. The van der Waals surface area contributed by atoms with Crippen molar-refractivity contribution < 1.29 is 13.2 Å².